The topological polar surface area (TPSA) is 17.8 Å². The largest absolute Gasteiger partial charge is 0.343 e. The smallest absolute Gasteiger partial charge is 0.132 e. The van der Waals surface area contributed by atoms with Gasteiger partial charge in [-0.15, -0.1) is 0 Å². The molecule has 90 valence electrons. The van der Waals surface area contributed by atoms with Gasteiger partial charge in [-0.3, -0.25) is 4.98 Å². The Kier molecular flexibility index (Phi) is 2.88. The number of fused-ring (bicyclic) bond motifs is 1. The van der Waals surface area contributed by atoms with Gasteiger partial charge in [0, 0.05) is 35.0 Å². The number of benzene rings is 1. The first-order valence-electron chi connectivity index (χ1n) is 5.57. The lowest BCUT2D eigenvalue weighted by molar-refractivity contribution is 0.639. The van der Waals surface area contributed by atoms with Gasteiger partial charge in [-0.25, -0.2) is 4.39 Å². The molecule has 0 fully saturated rings. The summed E-state index contributed by atoms with van der Waals surface area (Å²) in [7, 11) is 0. The van der Waals surface area contributed by atoms with E-state index in [-0.39, 0.29) is 5.82 Å². The number of hydrogen-bond acceptors (Lipinski definition) is 1. The molecule has 3 aromatic rings. The van der Waals surface area contributed by atoms with Crippen molar-refractivity contribution in [3.05, 3.63) is 64.8 Å². The van der Waals surface area contributed by atoms with E-state index < -0.39 is 0 Å². The van der Waals surface area contributed by atoms with Gasteiger partial charge in [0.2, 0.25) is 0 Å². The first-order chi connectivity index (χ1) is 8.74. The van der Waals surface area contributed by atoms with Crippen LogP contribution in [0.25, 0.3) is 10.9 Å². The predicted octanol–water partition coefficient (Wildman–Crippen LogP) is 3.99. The zero-order chi connectivity index (χ0) is 12.5. The standard InChI is InChI=1S/C14H10BrFN2/c15-11-6-10(7-17-8-11)9-18-5-4-12-13(16)2-1-3-14(12)18/h1-8H,9H2. The van der Waals surface area contributed by atoms with Crippen LogP contribution in [0.2, 0.25) is 0 Å². The molecule has 0 aliphatic heterocycles. The fraction of sp³-hybridized carbons (Fsp3) is 0.0714. The second-order valence-electron chi connectivity index (χ2n) is 4.13. The lowest BCUT2D eigenvalue weighted by Gasteiger charge is -2.05. The molecule has 0 atom stereocenters. The molecule has 0 aliphatic carbocycles. The molecule has 0 saturated heterocycles. The summed E-state index contributed by atoms with van der Waals surface area (Å²) in [6.45, 7) is 0.680. The summed E-state index contributed by atoms with van der Waals surface area (Å²) in [5.41, 5.74) is 1.97. The molecule has 4 heteroatoms. The maximum absolute atomic E-state index is 13.6. The van der Waals surface area contributed by atoms with Crippen LogP contribution in [-0.4, -0.2) is 9.55 Å². The van der Waals surface area contributed by atoms with Crippen molar-refractivity contribution in [1.29, 1.82) is 0 Å². The summed E-state index contributed by atoms with van der Waals surface area (Å²) in [5.74, 6) is -0.182. The minimum Gasteiger partial charge on any atom is -0.343 e. The Hall–Kier alpha value is -1.68. The van der Waals surface area contributed by atoms with Crippen LogP contribution in [0.15, 0.2) is 53.4 Å². The SMILES string of the molecule is Fc1cccc2c1ccn2Cc1cncc(Br)c1. The van der Waals surface area contributed by atoms with Crippen molar-refractivity contribution in [1.82, 2.24) is 9.55 Å². The molecule has 3 rings (SSSR count). The van der Waals surface area contributed by atoms with Crippen molar-refractivity contribution >= 4 is 26.8 Å². The number of pyridine rings is 1. The van der Waals surface area contributed by atoms with Crippen molar-refractivity contribution in [3.8, 4) is 0 Å². The maximum atomic E-state index is 13.6. The third-order valence-electron chi connectivity index (χ3n) is 2.87. The number of nitrogens with zero attached hydrogens (tertiary/aromatic N) is 2. The molecule has 2 heterocycles. The van der Waals surface area contributed by atoms with Gasteiger partial charge in [-0.05, 0) is 45.8 Å². The van der Waals surface area contributed by atoms with Crippen LogP contribution in [-0.2, 0) is 6.54 Å². The summed E-state index contributed by atoms with van der Waals surface area (Å²) < 4.78 is 16.5. The van der Waals surface area contributed by atoms with Gasteiger partial charge in [0.25, 0.3) is 0 Å². The Balaban J connectivity index is 2.03. The number of aromatic nitrogens is 2. The van der Waals surface area contributed by atoms with Crippen molar-refractivity contribution < 1.29 is 4.39 Å². The van der Waals surface area contributed by atoms with Gasteiger partial charge in [0.15, 0.2) is 0 Å². The van der Waals surface area contributed by atoms with E-state index in [0.29, 0.717) is 11.9 Å². The molecule has 1 aromatic carbocycles. The summed E-state index contributed by atoms with van der Waals surface area (Å²) in [6.07, 6.45) is 5.46. The molecule has 18 heavy (non-hydrogen) atoms. The lowest BCUT2D eigenvalue weighted by atomic mass is 10.2. The molecule has 0 bridgehead atoms. The molecule has 0 saturated carbocycles. The van der Waals surface area contributed by atoms with E-state index >= 15 is 0 Å². The molecule has 0 amide bonds. The van der Waals surface area contributed by atoms with Gasteiger partial charge in [-0.1, -0.05) is 6.07 Å². The average molecular weight is 305 g/mol. The van der Waals surface area contributed by atoms with Gasteiger partial charge in [0.05, 0.1) is 5.52 Å². The molecular weight excluding hydrogens is 295 g/mol. The highest BCUT2D eigenvalue weighted by atomic mass is 79.9. The van der Waals surface area contributed by atoms with Crippen LogP contribution < -0.4 is 0 Å². The quantitative estimate of drug-likeness (QED) is 0.700. The third-order valence-corrected chi connectivity index (χ3v) is 3.31. The Bertz CT molecular complexity index is 706. The van der Waals surface area contributed by atoms with Gasteiger partial charge >= 0.3 is 0 Å². The van der Waals surface area contributed by atoms with Crippen molar-refractivity contribution in [3.63, 3.8) is 0 Å². The van der Waals surface area contributed by atoms with Gasteiger partial charge in [0.1, 0.15) is 5.82 Å². The predicted molar refractivity (Wildman–Crippen MR) is 72.9 cm³/mol. The fourth-order valence-corrected chi connectivity index (χ4v) is 2.48. The number of hydrogen-bond donors (Lipinski definition) is 0. The first kappa shape index (κ1) is 11.4. The molecule has 2 nitrogen and oxygen atoms in total. The third kappa shape index (κ3) is 2.04. The van der Waals surface area contributed by atoms with E-state index in [9.17, 15) is 4.39 Å². The van der Waals surface area contributed by atoms with Crippen LogP contribution in [0.1, 0.15) is 5.56 Å². The Morgan fingerprint density at radius 2 is 2.11 bits per heavy atom. The van der Waals surface area contributed by atoms with E-state index in [1.165, 1.54) is 6.07 Å². The summed E-state index contributed by atoms with van der Waals surface area (Å²) in [6, 6.07) is 8.94. The van der Waals surface area contributed by atoms with Crippen LogP contribution >= 0.6 is 15.9 Å². The molecule has 0 unspecified atom stereocenters. The maximum Gasteiger partial charge on any atom is 0.132 e. The van der Waals surface area contributed by atoms with Gasteiger partial charge < -0.3 is 4.57 Å². The molecule has 0 radical (unpaired) electrons. The van der Waals surface area contributed by atoms with E-state index in [0.717, 1.165) is 15.6 Å². The van der Waals surface area contributed by atoms with Crippen molar-refractivity contribution in [2.24, 2.45) is 0 Å². The van der Waals surface area contributed by atoms with E-state index in [1.807, 2.05) is 29.1 Å². The Morgan fingerprint density at radius 1 is 1.22 bits per heavy atom. The minimum absolute atomic E-state index is 0.182. The highest BCUT2D eigenvalue weighted by Crippen LogP contribution is 2.20. The average Bonchev–Trinajstić information content (AvgIpc) is 2.74. The number of rotatable bonds is 2. The molecular formula is C14H10BrFN2. The van der Waals surface area contributed by atoms with Crippen molar-refractivity contribution in [2.45, 2.75) is 6.54 Å². The van der Waals surface area contributed by atoms with E-state index in [4.69, 9.17) is 0 Å². The second kappa shape index (κ2) is 4.53. The summed E-state index contributed by atoms with van der Waals surface area (Å²) in [4.78, 5) is 4.13. The fourth-order valence-electron chi connectivity index (χ4n) is 2.06. The molecule has 2 aromatic heterocycles. The minimum atomic E-state index is -0.182. The number of halogens is 2. The Labute approximate surface area is 112 Å². The van der Waals surface area contributed by atoms with Crippen LogP contribution in [0.3, 0.4) is 0 Å². The second-order valence-corrected chi connectivity index (χ2v) is 5.04. The highest BCUT2D eigenvalue weighted by molar-refractivity contribution is 9.10. The zero-order valence-electron chi connectivity index (χ0n) is 9.48. The Morgan fingerprint density at radius 3 is 2.94 bits per heavy atom. The van der Waals surface area contributed by atoms with Gasteiger partial charge in [-0.2, -0.15) is 0 Å². The molecule has 0 N–H and O–H groups in total. The van der Waals surface area contributed by atoms with Crippen molar-refractivity contribution in [2.75, 3.05) is 0 Å². The van der Waals surface area contributed by atoms with E-state index in [1.54, 1.807) is 18.3 Å². The first-order valence-corrected chi connectivity index (χ1v) is 6.36. The summed E-state index contributed by atoms with van der Waals surface area (Å²) >= 11 is 3.40. The van der Waals surface area contributed by atoms with Crippen LogP contribution in [0.4, 0.5) is 4.39 Å². The molecule has 0 spiro atoms. The normalized spacial score (nSPS) is 11.0. The monoisotopic (exact) mass is 304 g/mol. The molecule has 0 aliphatic rings. The van der Waals surface area contributed by atoms with Crippen LogP contribution in [0.5, 0.6) is 0 Å². The zero-order valence-corrected chi connectivity index (χ0v) is 11.1. The lowest BCUT2D eigenvalue weighted by Crippen LogP contribution is -1.98. The van der Waals surface area contributed by atoms with E-state index in [2.05, 4.69) is 20.9 Å². The van der Waals surface area contributed by atoms with Crippen LogP contribution in [0, 0.1) is 5.82 Å². The summed E-state index contributed by atoms with van der Waals surface area (Å²) in [5, 5.41) is 0.653. The highest BCUT2D eigenvalue weighted by Gasteiger charge is 2.05.